The second-order valence-corrected chi connectivity index (χ2v) is 4.47. The Balaban J connectivity index is 4.09. The largest absolute Gasteiger partial charge is 0.480 e. The van der Waals surface area contributed by atoms with E-state index in [4.69, 9.17) is 10.2 Å². The lowest BCUT2D eigenvalue weighted by Crippen LogP contribution is -2.42. The summed E-state index contributed by atoms with van der Waals surface area (Å²) in [4.78, 5) is 33.5. The molecule has 0 rings (SSSR count). The van der Waals surface area contributed by atoms with Crippen LogP contribution in [0.5, 0.6) is 0 Å². The highest BCUT2D eigenvalue weighted by molar-refractivity contribution is 5.80. The molecule has 0 saturated heterocycles. The van der Waals surface area contributed by atoms with E-state index in [1.165, 1.54) is 0 Å². The average Bonchev–Trinajstić information content (AvgIpc) is 2.13. The fourth-order valence-corrected chi connectivity index (χ4v) is 1.31. The van der Waals surface area contributed by atoms with Gasteiger partial charge in [-0.2, -0.15) is 0 Å². The molecule has 0 aromatic heterocycles. The minimum Gasteiger partial charge on any atom is -0.480 e. The minimum absolute atomic E-state index is 0.226. The van der Waals surface area contributed by atoms with Crippen LogP contribution < -0.4 is 5.32 Å². The van der Waals surface area contributed by atoms with Gasteiger partial charge in [0.1, 0.15) is 0 Å². The molecule has 0 aromatic carbocycles. The van der Waals surface area contributed by atoms with Crippen molar-refractivity contribution in [3.63, 3.8) is 0 Å². The highest BCUT2D eigenvalue weighted by atomic mass is 16.4. The molecule has 0 atom stereocenters. The van der Waals surface area contributed by atoms with E-state index in [1.807, 2.05) is 13.8 Å². The predicted octanol–water partition coefficient (Wildman–Crippen LogP) is -0.380. The van der Waals surface area contributed by atoms with Gasteiger partial charge in [-0.25, -0.2) is 0 Å². The molecular weight excluding hydrogens is 240 g/mol. The summed E-state index contributed by atoms with van der Waals surface area (Å²) in [6, 6.07) is 0. The number of hydrogen-bond acceptors (Lipinski definition) is 4. The number of carbonyl (C=O) groups excluding carboxylic acids is 1. The zero-order chi connectivity index (χ0) is 14.1. The molecule has 104 valence electrons. The third-order valence-corrected chi connectivity index (χ3v) is 2.13. The SMILES string of the molecule is CC(C)CCNC(=O)CN(CC(=O)O)CC(=O)O. The normalized spacial score (nSPS) is 10.7. The van der Waals surface area contributed by atoms with Crippen molar-refractivity contribution in [1.82, 2.24) is 10.2 Å². The quantitative estimate of drug-likeness (QED) is 0.521. The van der Waals surface area contributed by atoms with Crippen LogP contribution in [-0.2, 0) is 14.4 Å². The van der Waals surface area contributed by atoms with Crippen molar-refractivity contribution in [2.75, 3.05) is 26.2 Å². The van der Waals surface area contributed by atoms with Gasteiger partial charge in [-0.1, -0.05) is 13.8 Å². The van der Waals surface area contributed by atoms with Gasteiger partial charge in [0, 0.05) is 6.54 Å². The van der Waals surface area contributed by atoms with E-state index < -0.39 is 25.0 Å². The molecule has 0 saturated carbocycles. The van der Waals surface area contributed by atoms with E-state index in [1.54, 1.807) is 0 Å². The molecule has 7 heteroatoms. The standard InChI is InChI=1S/C11H20N2O5/c1-8(2)3-4-12-9(14)5-13(6-10(15)16)7-11(17)18/h8H,3-7H2,1-2H3,(H,12,14)(H,15,16)(H,17,18). The van der Waals surface area contributed by atoms with Crippen LogP contribution in [0.1, 0.15) is 20.3 Å². The van der Waals surface area contributed by atoms with Crippen molar-refractivity contribution >= 4 is 17.8 Å². The van der Waals surface area contributed by atoms with Gasteiger partial charge in [0.2, 0.25) is 5.91 Å². The second-order valence-electron chi connectivity index (χ2n) is 4.47. The molecule has 0 aliphatic carbocycles. The molecule has 0 radical (unpaired) electrons. The second kappa shape index (κ2) is 8.46. The van der Waals surface area contributed by atoms with Gasteiger partial charge in [0.25, 0.3) is 0 Å². The zero-order valence-corrected chi connectivity index (χ0v) is 10.7. The summed E-state index contributed by atoms with van der Waals surface area (Å²) < 4.78 is 0. The molecule has 7 nitrogen and oxygen atoms in total. The van der Waals surface area contributed by atoms with Crippen molar-refractivity contribution in [1.29, 1.82) is 0 Å². The number of aliphatic carboxylic acids is 2. The number of amides is 1. The molecule has 0 heterocycles. The Morgan fingerprint density at radius 2 is 1.56 bits per heavy atom. The van der Waals surface area contributed by atoms with Gasteiger partial charge in [0.15, 0.2) is 0 Å². The summed E-state index contributed by atoms with van der Waals surface area (Å²) in [5.74, 6) is -2.23. The fourth-order valence-electron chi connectivity index (χ4n) is 1.31. The molecule has 1 amide bonds. The van der Waals surface area contributed by atoms with E-state index in [0.29, 0.717) is 12.5 Å². The van der Waals surface area contributed by atoms with Crippen LogP contribution in [0.2, 0.25) is 0 Å². The van der Waals surface area contributed by atoms with Crippen LogP contribution in [0, 0.1) is 5.92 Å². The Kier molecular flexibility index (Phi) is 7.69. The predicted molar refractivity (Wildman–Crippen MR) is 64.2 cm³/mol. The molecule has 3 N–H and O–H groups in total. The molecular formula is C11H20N2O5. The number of carboxylic acid groups (broad SMARTS) is 2. The van der Waals surface area contributed by atoms with E-state index in [-0.39, 0.29) is 12.5 Å². The molecule has 0 aliphatic rings. The molecule has 0 fully saturated rings. The van der Waals surface area contributed by atoms with Gasteiger partial charge < -0.3 is 15.5 Å². The molecule has 18 heavy (non-hydrogen) atoms. The first-order chi connectivity index (χ1) is 8.31. The highest BCUT2D eigenvalue weighted by Gasteiger charge is 2.16. The van der Waals surface area contributed by atoms with Crippen LogP contribution in [-0.4, -0.2) is 59.1 Å². The van der Waals surface area contributed by atoms with Crippen molar-refractivity contribution in [2.24, 2.45) is 5.92 Å². The lowest BCUT2D eigenvalue weighted by molar-refractivity contribution is -0.142. The molecule has 0 spiro atoms. The summed E-state index contributed by atoms with van der Waals surface area (Å²) in [7, 11) is 0. The van der Waals surface area contributed by atoms with Crippen LogP contribution in [0.25, 0.3) is 0 Å². The van der Waals surface area contributed by atoms with Gasteiger partial charge in [-0.15, -0.1) is 0 Å². The lowest BCUT2D eigenvalue weighted by Gasteiger charge is -2.17. The summed E-state index contributed by atoms with van der Waals surface area (Å²) in [5.41, 5.74) is 0. The minimum atomic E-state index is -1.16. The van der Waals surface area contributed by atoms with Crippen LogP contribution in [0.4, 0.5) is 0 Å². The monoisotopic (exact) mass is 260 g/mol. The molecule has 0 bridgehead atoms. The number of nitrogens with one attached hydrogen (secondary N) is 1. The lowest BCUT2D eigenvalue weighted by atomic mass is 10.1. The maximum absolute atomic E-state index is 11.5. The summed E-state index contributed by atoms with van der Waals surface area (Å²) in [5, 5.41) is 19.8. The van der Waals surface area contributed by atoms with Crippen molar-refractivity contribution in [3.05, 3.63) is 0 Å². The highest BCUT2D eigenvalue weighted by Crippen LogP contribution is 1.96. The topological polar surface area (TPSA) is 107 Å². The first-order valence-corrected chi connectivity index (χ1v) is 5.74. The van der Waals surface area contributed by atoms with Crippen LogP contribution >= 0.6 is 0 Å². The average molecular weight is 260 g/mol. The van der Waals surface area contributed by atoms with E-state index >= 15 is 0 Å². The third kappa shape index (κ3) is 9.59. The molecule has 0 aromatic rings. The summed E-state index contributed by atoms with van der Waals surface area (Å²) in [6.07, 6.45) is 0.823. The third-order valence-electron chi connectivity index (χ3n) is 2.13. The van der Waals surface area contributed by atoms with E-state index in [0.717, 1.165) is 11.3 Å². The maximum Gasteiger partial charge on any atom is 0.317 e. The van der Waals surface area contributed by atoms with Crippen LogP contribution in [0.15, 0.2) is 0 Å². The molecule has 0 aliphatic heterocycles. The summed E-state index contributed by atoms with van der Waals surface area (Å²) in [6.45, 7) is 3.38. The first-order valence-electron chi connectivity index (χ1n) is 5.74. The number of carbonyl (C=O) groups is 3. The maximum atomic E-state index is 11.5. The Morgan fingerprint density at radius 1 is 1.06 bits per heavy atom. The first kappa shape index (κ1) is 16.4. The molecule has 0 unspecified atom stereocenters. The number of hydrogen-bond donors (Lipinski definition) is 3. The van der Waals surface area contributed by atoms with Gasteiger partial charge in [-0.3, -0.25) is 19.3 Å². The van der Waals surface area contributed by atoms with Crippen molar-refractivity contribution < 1.29 is 24.6 Å². The van der Waals surface area contributed by atoms with Gasteiger partial charge >= 0.3 is 11.9 Å². The van der Waals surface area contributed by atoms with E-state index in [2.05, 4.69) is 5.32 Å². The summed E-state index contributed by atoms with van der Waals surface area (Å²) >= 11 is 0. The van der Waals surface area contributed by atoms with Crippen molar-refractivity contribution in [2.45, 2.75) is 20.3 Å². The number of carboxylic acids is 2. The van der Waals surface area contributed by atoms with Crippen molar-refractivity contribution in [3.8, 4) is 0 Å². The van der Waals surface area contributed by atoms with Gasteiger partial charge in [-0.05, 0) is 12.3 Å². The Hall–Kier alpha value is -1.63. The smallest absolute Gasteiger partial charge is 0.317 e. The Labute approximate surface area is 106 Å². The number of rotatable bonds is 9. The number of nitrogens with zero attached hydrogens (tertiary/aromatic N) is 1. The van der Waals surface area contributed by atoms with Crippen LogP contribution in [0.3, 0.4) is 0 Å². The van der Waals surface area contributed by atoms with Gasteiger partial charge in [0.05, 0.1) is 19.6 Å². The van der Waals surface area contributed by atoms with E-state index in [9.17, 15) is 14.4 Å². The zero-order valence-electron chi connectivity index (χ0n) is 10.7. The fraction of sp³-hybridized carbons (Fsp3) is 0.727. The Bertz CT molecular complexity index is 288. The Morgan fingerprint density at radius 3 is 1.94 bits per heavy atom.